The van der Waals surface area contributed by atoms with Crippen LogP contribution in [-0.2, 0) is 22.3 Å². The molecular weight excluding hydrogens is 824 g/mol. The van der Waals surface area contributed by atoms with Crippen molar-refractivity contribution in [1.82, 2.24) is 0 Å². The van der Waals surface area contributed by atoms with Crippen LogP contribution in [0, 0.1) is 31.5 Å². The Kier molecular flexibility index (Phi) is 14.4. The Labute approximate surface area is 361 Å². The second-order valence-corrected chi connectivity index (χ2v) is 22.1. The third-order valence-electron chi connectivity index (χ3n) is 11.2. The minimum atomic E-state index is -0.623. The Hall–Kier alpha value is -2.44. The van der Waals surface area contributed by atoms with Gasteiger partial charge in [-0.15, -0.1) is 68.0 Å². The van der Waals surface area contributed by atoms with Gasteiger partial charge in [0.05, 0.1) is 16.2 Å². The van der Waals surface area contributed by atoms with E-state index in [2.05, 4.69) is 71.0 Å². The zero-order chi connectivity index (χ0) is 40.2. The number of benzene rings is 1. The molecule has 0 N–H and O–H groups in total. The largest absolute Gasteiger partial charge is 0.459 e. The van der Waals surface area contributed by atoms with E-state index in [0.29, 0.717) is 30.4 Å². The Morgan fingerprint density at radius 2 is 1.28 bits per heavy atom. The van der Waals surface area contributed by atoms with Gasteiger partial charge < -0.3 is 9.47 Å². The zero-order valence-corrected chi connectivity index (χ0v) is 39.3. The molecule has 0 spiro atoms. The maximum atomic E-state index is 16.1. The number of fused-ring (bicyclic) bond motifs is 3. The summed E-state index contributed by atoms with van der Waals surface area (Å²) in [5, 5.41) is 3.14. The first-order valence-corrected chi connectivity index (χ1v) is 25.7. The lowest BCUT2D eigenvalue weighted by Crippen LogP contribution is -2.10. The first-order chi connectivity index (χ1) is 27.7. The van der Waals surface area contributed by atoms with Crippen molar-refractivity contribution in [3.8, 4) is 30.6 Å². The van der Waals surface area contributed by atoms with Gasteiger partial charge in [-0.1, -0.05) is 79.1 Å². The van der Waals surface area contributed by atoms with Gasteiger partial charge in [0, 0.05) is 77.4 Å². The van der Waals surface area contributed by atoms with Crippen LogP contribution in [0.1, 0.15) is 115 Å². The fourth-order valence-electron chi connectivity index (χ4n) is 8.03. The fraction of sp³-hybridized carbons (Fsp3) is 0.468. The number of esters is 1. The predicted octanol–water partition coefficient (Wildman–Crippen LogP) is 17.0. The van der Waals surface area contributed by atoms with Gasteiger partial charge in [-0.3, -0.25) is 0 Å². The van der Waals surface area contributed by atoms with Crippen molar-refractivity contribution in [3.05, 3.63) is 66.6 Å². The lowest BCUT2D eigenvalue weighted by molar-refractivity contribution is 0.0336. The van der Waals surface area contributed by atoms with E-state index in [9.17, 15) is 4.79 Å². The summed E-state index contributed by atoms with van der Waals surface area (Å²) in [6.07, 6.45) is 12.3. The highest BCUT2D eigenvalue weighted by atomic mass is 32.1. The smallest absolute Gasteiger partial charge is 0.351 e. The van der Waals surface area contributed by atoms with Crippen molar-refractivity contribution >= 4 is 104 Å². The number of halogens is 1. The van der Waals surface area contributed by atoms with Crippen molar-refractivity contribution in [3.63, 3.8) is 0 Å². The van der Waals surface area contributed by atoms with E-state index < -0.39 is 11.8 Å². The maximum absolute atomic E-state index is 16.1. The third kappa shape index (κ3) is 9.03. The van der Waals surface area contributed by atoms with Crippen LogP contribution in [0.2, 0.25) is 0 Å². The van der Waals surface area contributed by atoms with Crippen LogP contribution >= 0.6 is 68.0 Å². The highest BCUT2D eigenvalue weighted by Gasteiger charge is 2.28. The summed E-state index contributed by atoms with van der Waals surface area (Å²) in [6.45, 7) is 16.3. The number of carbonyl (C=O) groups is 1. The van der Waals surface area contributed by atoms with Gasteiger partial charge in [0.15, 0.2) is 5.82 Å². The van der Waals surface area contributed by atoms with E-state index in [4.69, 9.17) is 9.47 Å². The first-order valence-electron chi connectivity index (χ1n) is 20.8. The summed E-state index contributed by atoms with van der Waals surface area (Å²) in [6, 6.07) is 14.3. The highest BCUT2D eigenvalue weighted by Crippen LogP contribution is 2.55. The molecule has 3 nitrogen and oxygen atoms in total. The van der Waals surface area contributed by atoms with E-state index in [1.807, 2.05) is 59.2 Å². The summed E-state index contributed by atoms with van der Waals surface area (Å²) in [5.41, 5.74) is 2.65. The van der Waals surface area contributed by atoms with Gasteiger partial charge in [-0.05, 0) is 81.8 Å². The normalized spacial score (nSPS) is 13.1. The van der Waals surface area contributed by atoms with Crippen LogP contribution in [0.3, 0.4) is 0 Å². The molecule has 2 atom stereocenters. The zero-order valence-electron chi connectivity index (χ0n) is 34.4. The minimum Gasteiger partial charge on any atom is -0.459 e. The van der Waals surface area contributed by atoms with Crippen LogP contribution in [0.25, 0.3) is 60.9 Å². The lowest BCUT2D eigenvalue weighted by atomic mass is 9.95. The highest BCUT2D eigenvalue weighted by molar-refractivity contribution is 7.32. The minimum absolute atomic E-state index is 0.0398. The molecular formula is C47H55FO3S6. The summed E-state index contributed by atoms with van der Waals surface area (Å²) < 4.78 is 30.3. The van der Waals surface area contributed by atoms with E-state index in [1.54, 1.807) is 11.3 Å². The number of aryl methyl sites for hydroxylation is 2. The van der Waals surface area contributed by atoms with Crippen LogP contribution in [0.4, 0.5) is 4.39 Å². The standard InChI is InChI=1S/C47H55FO3S6/c1-8-13-15-29(10-3)24-31-17-19-35(54-31)39-33-23-27(6)52-42(33)40(36-20-18-32(55-36)25-30(11-4)16-14-9-2)34-26-37(56-43(34)39)44-45-38(28(7)53-44)41(48)46(57-45)47(49)51-22-21-50-12-5/h17-20,23,26,29-30H,8-16,21-22,24-25H2,1-7H3. The van der Waals surface area contributed by atoms with Crippen molar-refractivity contribution in [1.29, 1.82) is 0 Å². The number of hydrogen-bond donors (Lipinski definition) is 0. The Morgan fingerprint density at radius 1 is 0.684 bits per heavy atom. The molecule has 0 radical (unpaired) electrons. The van der Waals surface area contributed by atoms with Gasteiger partial charge in [-0.25, -0.2) is 9.18 Å². The number of rotatable bonds is 20. The topological polar surface area (TPSA) is 35.5 Å². The molecule has 0 amide bonds. The number of unbranched alkanes of at least 4 members (excludes halogenated alkanes) is 2. The first kappa shape index (κ1) is 42.7. The van der Waals surface area contributed by atoms with Crippen LogP contribution in [0.15, 0.2) is 36.4 Å². The molecule has 0 saturated heterocycles. The Morgan fingerprint density at radius 3 is 1.86 bits per heavy atom. The maximum Gasteiger partial charge on any atom is 0.351 e. The van der Waals surface area contributed by atoms with Gasteiger partial charge in [-0.2, -0.15) is 0 Å². The molecule has 7 aromatic rings. The second-order valence-electron chi connectivity index (χ2n) is 15.2. The second kappa shape index (κ2) is 19.3. The van der Waals surface area contributed by atoms with Crippen LogP contribution in [-0.4, -0.2) is 25.8 Å². The molecule has 6 aromatic heterocycles. The molecule has 0 bridgehead atoms. The third-order valence-corrected chi connectivity index (χ3v) is 18.2. The fourth-order valence-corrected chi connectivity index (χ4v) is 15.5. The molecule has 0 aliphatic carbocycles. The molecule has 1 aromatic carbocycles. The molecule has 10 heteroatoms. The number of thiophene rings is 6. The molecule has 57 heavy (non-hydrogen) atoms. The lowest BCUT2D eigenvalue weighted by Gasteiger charge is -2.13. The molecule has 304 valence electrons. The predicted molar refractivity (Wildman–Crippen MR) is 253 cm³/mol. The van der Waals surface area contributed by atoms with Crippen molar-refractivity contribution < 1.29 is 18.7 Å². The Balaban J connectivity index is 1.39. The van der Waals surface area contributed by atoms with E-state index >= 15 is 4.39 Å². The van der Waals surface area contributed by atoms with E-state index in [0.717, 1.165) is 32.2 Å². The van der Waals surface area contributed by atoms with E-state index in [-0.39, 0.29) is 11.5 Å². The molecule has 0 aliphatic rings. The Bertz CT molecular complexity index is 2340. The molecule has 7 rings (SSSR count). The summed E-state index contributed by atoms with van der Waals surface area (Å²) in [7, 11) is 0. The van der Waals surface area contributed by atoms with Gasteiger partial charge >= 0.3 is 5.97 Å². The van der Waals surface area contributed by atoms with Gasteiger partial charge in [0.25, 0.3) is 0 Å². The molecule has 0 saturated carbocycles. The quantitative estimate of drug-likeness (QED) is 0.0565. The monoisotopic (exact) mass is 878 g/mol. The van der Waals surface area contributed by atoms with Crippen LogP contribution < -0.4 is 0 Å². The van der Waals surface area contributed by atoms with Crippen LogP contribution in [0.5, 0.6) is 0 Å². The summed E-state index contributed by atoms with van der Waals surface area (Å²) in [5.74, 6) is 0.323. The molecule has 0 aliphatic heterocycles. The number of carbonyl (C=O) groups excluding carboxylic acids is 1. The average molecular weight is 879 g/mol. The average Bonchev–Trinajstić information content (AvgIpc) is 4.07. The number of ether oxygens (including phenoxy) is 2. The van der Waals surface area contributed by atoms with Gasteiger partial charge in [0.1, 0.15) is 11.5 Å². The molecule has 0 fully saturated rings. The van der Waals surface area contributed by atoms with Gasteiger partial charge in [0.2, 0.25) is 0 Å². The molecule has 6 heterocycles. The number of hydrogen-bond acceptors (Lipinski definition) is 9. The van der Waals surface area contributed by atoms with E-state index in [1.165, 1.54) is 118 Å². The summed E-state index contributed by atoms with van der Waals surface area (Å²) >= 11 is 10.5. The summed E-state index contributed by atoms with van der Waals surface area (Å²) in [4.78, 5) is 23.1. The van der Waals surface area contributed by atoms with Crippen molar-refractivity contribution in [2.75, 3.05) is 19.8 Å². The SMILES string of the molecule is CCCCC(CC)Cc1ccc(-c2c3cc(-c4sc(C)c5c(F)c(C(=O)OCCOCC)sc45)sc3c(-c3ccc(CC(CC)CCCC)s3)c3cc(C)sc23)s1. The van der Waals surface area contributed by atoms with Crippen molar-refractivity contribution in [2.24, 2.45) is 11.8 Å². The van der Waals surface area contributed by atoms with Crippen molar-refractivity contribution in [2.45, 2.75) is 113 Å². The molecule has 2 unspecified atom stereocenters.